The van der Waals surface area contributed by atoms with Crippen LogP contribution in [0.25, 0.3) is 0 Å². The van der Waals surface area contributed by atoms with E-state index in [1.165, 1.54) is 5.56 Å². The third kappa shape index (κ3) is 5.04. The second kappa shape index (κ2) is 9.34. The number of fused-ring (bicyclic) bond motifs is 1. The summed E-state index contributed by atoms with van der Waals surface area (Å²) in [6, 6.07) is 24.5. The quantitative estimate of drug-likeness (QED) is 0.556. The number of benzene rings is 3. The van der Waals surface area contributed by atoms with Crippen molar-refractivity contribution in [1.82, 2.24) is 4.90 Å². The summed E-state index contributed by atoms with van der Waals surface area (Å²) >= 11 is 0. The van der Waals surface area contributed by atoms with Crippen LogP contribution in [0.1, 0.15) is 30.5 Å². The van der Waals surface area contributed by atoms with Crippen molar-refractivity contribution >= 4 is 28.9 Å². The highest BCUT2D eigenvalue weighted by atomic mass is 16.2. The molecule has 0 saturated heterocycles. The van der Waals surface area contributed by atoms with Gasteiger partial charge in [-0.15, -0.1) is 0 Å². The number of nitrogens with zero attached hydrogens (tertiary/aromatic N) is 3. The summed E-state index contributed by atoms with van der Waals surface area (Å²) in [6.07, 6.45) is 1.03. The third-order valence-electron chi connectivity index (χ3n) is 5.38. The second-order valence-corrected chi connectivity index (χ2v) is 7.51. The van der Waals surface area contributed by atoms with Gasteiger partial charge in [0.1, 0.15) is 0 Å². The van der Waals surface area contributed by atoms with Crippen LogP contribution in [-0.2, 0) is 16.0 Å². The van der Waals surface area contributed by atoms with E-state index in [1.54, 1.807) is 36.1 Å². The molecule has 0 aliphatic carbocycles. The molecule has 31 heavy (non-hydrogen) atoms. The number of azo groups is 1. The standard InChI is InChI=1S/C25H24N4O2/c1-18(30)29-16-15-19-7-5-6-10-23(19)24(29)17-25(31)26-20-11-13-22(14-12-20)28-27-21-8-3-2-4-9-21/h2-14,24H,15-17H2,1H3,(H,26,31). The molecule has 0 radical (unpaired) electrons. The van der Waals surface area contributed by atoms with E-state index < -0.39 is 0 Å². The average Bonchev–Trinajstić information content (AvgIpc) is 2.79. The Morgan fingerprint density at radius 2 is 1.55 bits per heavy atom. The molecule has 3 aromatic carbocycles. The molecule has 0 bridgehead atoms. The van der Waals surface area contributed by atoms with Crippen molar-refractivity contribution in [1.29, 1.82) is 0 Å². The van der Waals surface area contributed by atoms with Gasteiger partial charge in [0, 0.05) is 19.2 Å². The first kappa shape index (κ1) is 20.5. The Labute approximate surface area is 181 Å². The molecule has 0 spiro atoms. The van der Waals surface area contributed by atoms with Gasteiger partial charge < -0.3 is 10.2 Å². The summed E-state index contributed by atoms with van der Waals surface area (Å²) in [6.45, 7) is 2.19. The van der Waals surface area contributed by atoms with E-state index in [9.17, 15) is 9.59 Å². The average molecular weight is 412 g/mol. The van der Waals surface area contributed by atoms with Gasteiger partial charge in [0.15, 0.2) is 0 Å². The smallest absolute Gasteiger partial charge is 0.226 e. The molecular formula is C25H24N4O2. The summed E-state index contributed by atoms with van der Waals surface area (Å²) in [4.78, 5) is 26.7. The predicted octanol–water partition coefficient (Wildman–Crippen LogP) is 5.58. The maximum atomic E-state index is 12.8. The number of hydrogen-bond donors (Lipinski definition) is 1. The fraction of sp³-hybridized carbons (Fsp3) is 0.200. The monoisotopic (exact) mass is 412 g/mol. The van der Waals surface area contributed by atoms with Gasteiger partial charge in [-0.2, -0.15) is 10.2 Å². The van der Waals surface area contributed by atoms with E-state index in [1.807, 2.05) is 48.5 Å². The fourth-order valence-electron chi connectivity index (χ4n) is 3.86. The van der Waals surface area contributed by atoms with Crippen LogP contribution in [0.3, 0.4) is 0 Å². The van der Waals surface area contributed by atoms with Gasteiger partial charge in [0.2, 0.25) is 11.8 Å². The summed E-state index contributed by atoms with van der Waals surface area (Å²) in [5, 5.41) is 11.3. The lowest BCUT2D eigenvalue weighted by atomic mass is 9.90. The highest BCUT2D eigenvalue weighted by molar-refractivity contribution is 5.91. The van der Waals surface area contributed by atoms with Gasteiger partial charge in [-0.05, 0) is 53.9 Å². The van der Waals surface area contributed by atoms with Crippen LogP contribution >= 0.6 is 0 Å². The molecule has 0 aromatic heterocycles. The molecule has 4 rings (SSSR count). The number of hydrogen-bond acceptors (Lipinski definition) is 4. The maximum absolute atomic E-state index is 12.8. The number of amides is 2. The van der Waals surface area contributed by atoms with E-state index in [2.05, 4.69) is 21.6 Å². The van der Waals surface area contributed by atoms with Gasteiger partial charge in [0.05, 0.1) is 23.8 Å². The lowest BCUT2D eigenvalue weighted by Gasteiger charge is -2.36. The zero-order valence-corrected chi connectivity index (χ0v) is 17.4. The Morgan fingerprint density at radius 1 is 0.903 bits per heavy atom. The fourth-order valence-corrected chi connectivity index (χ4v) is 3.86. The Hall–Kier alpha value is -3.80. The molecule has 1 aliphatic rings. The van der Waals surface area contributed by atoms with Crippen LogP contribution in [0, 0.1) is 0 Å². The van der Waals surface area contributed by atoms with Crippen molar-refractivity contribution < 1.29 is 9.59 Å². The highest BCUT2D eigenvalue weighted by Crippen LogP contribution is 2.32. The molecule has 1 N–H and O–H groups in total. The molecule has 0 saturated carbocycles. The predicted molar refractivity (Wildman–Crippen MR) is 121 cm³/mol. The Morgan fingerprint density at radius 3 is 2.26 bits per heavy atom. The summed E-state index contributed by atoms with van der Waals surface area (Å²) in [5.74, 6) is -0.146. The molecule has 1 aliphatic heterocycles. The normalized spacial score (nSPS) is 15.5. The van der Waals surface area contributed by atoms with Gasteiger partial charge >= 0.3 is 0 Å². The molecule has 3 aromatic rings. The summed E-state index contributed by atoms with van der Waals surface area (Å²) in [7, 11) is 0. The van der Waals surface area contributed by atoms with E-state index >= 15 is 0 Å². The van der Waals surface area contributed by atoms with E-state index in [0.717, 1.165) is 17.7 Å². The Bertz CT molecular complexity index is 1090. The minimum absolute atomic E-state index is 0.0135. The Kier molecular flexibility index (Phi) is 6.17. The molecule has 1 heterocycles. The van der Waals surface area contributed by atoms with Crippen molar-refractivity contribution in [3.63, 3.8) is 0 Å². The summed E-state index contributed by atoms with van der Waals surface area (Å²) < 4.78 is 0. The van der Waals surface area contributed by atoms with Gasteiger partial charge in [-0.3, -0.25) is 9.59 Å². The number of carbonyl (C=O) groups excluding carboxylic acids is 2. The minimum Gasteiger partial charge on any atom is -0.335 e. The first-order valence-corrected chi connectivity index (χ1v) is 10.3. The SMILES string of the molecule is CC(=O)N1CCc2ccccc2C1CC(=O)Nc1ccc(N=Nc2ccccc2)cc1. The van der Waals surface area contributed by atoms with Crippen LogP contribution < -0.4 is 5.32 Å². The highest BCUT2D eigenvalue weighted by Gasteiger charge is 2.30. The molecule has 6 nitrogen and oxygen atoms in total. The number of nitrogens with one attached hydrogen (secondary N) is 1. The number of anilines is 1. The van der Waals surface area contributed by atoms with E-state index in [4.69, 9.17) is 0 Å². The maximum Gasteiger partial charge on any atom is 0.226 e. The topological polar surface area (TPSA) is 74.1 Å². The van der Waals surface area contributed by atoms with Crippen molar-refractivity contribution in [2.75, 3.05) is 11.9 Å². The van der Waals surface area contributed by atoms with Crippen LogP contribution in [0.4, 0.5) is 17.1 Å². The number of rotatable bonds is 5. The van der Waals surface area contributed by atoms with E-state index in [0.29, 0.717) is 17.9 Å². The van der Waals surface area contributed by atoms with Gasteiger partial charge in [0.25, 0.3) is 0 Å². The zero-order chi connectivity index (χ0) is 21.6. The lowest BCUT2D eigenvalue weighted by Crippen LogP contribution is -2.40. The second-order valence-electron chi connectivity index (χ2n) is 7.51. The van der Waals surface area contributed by atoms with Crippen molar-refractivity contribution in [3.05, 3.63) is 90.0 Å². The molecule has 0 fully saturated rings. The first-order valence-electron chi connectivity index (χ1n) is 10.3. The molecule has 6 heteroatoms. The largest absolute Gasteiger partial charge is 0.335 e. The molecular weight excluding hydrogens is 388 g/mol. The van der Waals surface area contributed by atoms with Crippen LogP contribution in [-0.4, -0.2) is 23.3 Å². The lowest BCUT2D eigenvalue weighted by molar-refractivity contribution is -0.132. The van der Waals surface area contributed by atoms with Crippen LogP contribution in [0.15, 0.2) is 89.1 Å². The molecule has 156 valence electrons. The van der Waals surface area contributed by atoms with Gasteiger partial charge in [-0.1, -0.05) is 42.5 Å². The zero-order valence-electron chi connectivity index (χ0n) is 17.4. The number of carbonyl (C=O) groups is 2. The molecule has 1 atom stereocenters. The minimum atomic E-state index is -0.249. The molecule has 2 amide bonds. The van der Waals surface area contributed by atoms with E-state index in [-0.39, 0.29) is 24.3 Å². The third-order valence-corrected chi connectivity index (χ3v) is 5.38. The van der Waals surface area contributed by atoms with Crippen molar-refractivity contribution in [2.24, 2.45) is 10.2 Å². The van der Waals surface area contributed by atoms with Crippen LogP contribution in [0.5, 0.6) is 0 Å². The first-order chi connectivity index (χ1) is 15.1. The van der Waals surface area contributed by atoms with Crippen LogP contribution in [0.2, 0.25) is 0 Å². The molecule has 1 unspecified atom stereocenters. The van der Waals surface area contributed by atoms with Crippen molar-refractivity contribution in [2.45, 2.75) is 25.8 Å². The Balaban J connectivity index is 1.42. The van der Waals surface area contributed by atoms with Crippen molar-refractivity contribution in [3.8, 4) is 0 Å². The van der Waals surface area contributed by atoms with Gasteiger partial charge in [-0.25, -0.2) is 0 Å². The summed E-state index contributed by atoms with van der Waals surface area (Å²) in [5.41, 5.74) is 4.41.